The Labute approximate surface area is 242 Å². The molecular weight excluding hydrogens is 524 g/mol. The van der Waals surface area contributed by atoms with E-state index in [1.807, 2.05) is 29.2 Å². The van der Waals surface area contributed by atoms with Crippen LogP contribution in [0.1, 0.15) is 54.8 Å². The van der Waals surface area contributed by atoms with Gasteiger partial charge in [-0.3, -0.25) is 14.5 Å². The van der Waals surface area contributed by atoms with Crippen LogP contribution in [0.2, 0.25) is 0 Å². The zero-order chi connectivity index (χ0) is 27.6. The van der Waals surface area contributed by atoms with Crippen molar-refractivity contribution in [1.29, 1.82) is 0 Å². The number of hydrogen-bond acceptors (Lipinski definition) is 5. The van der Waals surface area contributed by atoms with Gasteiger partial charge in [0.2, 0.25) is 5.91 Å². The average Bonchev–Trinajstić information content (AvgIpc) is 3.40. The molecule has 39 heavy (non-hydrogen) atoms. The first kappa shape index (κ1) is 29.2. The number of amides is 1. The Balaban J connectivity index is 0.00000172. The molecule has 2 atom stereocenters. The van der Waals surface area contributed by atoms with Gasteiger partial charge in [0.15, 0.2) is 0 Å². The third kappa shape index (κ3) is 7.65. The van der Waals surface area contributed by atoms with Crippen molar-refractivity contribution < 1.29 is 4.79 Å². The molecule has 1 N–H and O–H groups in total. The number of nitrogens with one attached hydrogen (secondary N) is 1. The van der Waals surface area contributed by atoms with Crippen molar-refractivity contribution in [3.8, 4) is 0 Å². The van der Waals surface area contributed by atoms with Crippen molar-refractivity contribution >= 4 is 41.0 Å². The molecule has 1 heterocycles. The fraction of sp³-hybridized carbons (Fsp3) is 0.375. The highest BCUT2D eigenvalue weighted by atomic mass is 35.5. The van der Waals surface area contributed by atoms with Gasteiger partial charge in [0.1, 0.15) is 5.84 Å². The van der Waals surface area contributed by atoms with Crippen LogP contribution in [0.3, 0.4) is 0 Å². The van der Waals surface area contributed by atoms with Gasteiger partial charge < -0.3 is 9.80 Å². The Bertz CT molecular complexity index is 1240. The molecule has 7 heteroatoms. The second-order valence-electron chi connectivity index (χ2n) is 10.1. The van der Waals surface area contributed by atoms with Gasteiger partial charge in [0.25, 0.3) is 0 Å². The van der Waals surface area contributed by atoms with Crippen LogP contribution in [0, 0.1) is 0 Å². The summed E-state index contributed by atoms with van der Waals surface area (Å²) in [5.74, 6) is 1.26. The number of likely N-dealkylation sites (N-methyl/N-ethyl adjacent to an activating group) is 1. The van der Waals surface area contributed by atoms with Crippen LogP contribution in [0.15, 0.2) is 88.8 Å². The summed E-state index contributed by atoms with van der Waals surface area (Å²) in [6.45, 7) is 4.34. The summed E-state index contributed by atoms with van der Waals surface area (Å²) in [6.07, 6.45) is 5.27. The average molecular weight is 563 g/mol. The monoisotopic (exact) mass is 562 g/mol. The van der Waals surface area contributed by atoms with Crippen LogP contribution in [0.4, 0.5) is 5.69 Å². The molecule has 3 aromatic rings. The molecule has 0 bridgehead atoms. The number of alkyl halides is 1. The standard InChI is InChI=1S/C31H36N4OS.CH3Cl/c1-23(24-10-5-3-6-11-24)20-31(36)35(22-30-32-18-19-34(30)2)26-17-16-25-12-9-15-29(28(25)21-26)33-37-27-13-7-4-8-14-27;1-2/h3-8,10-11,13-14,16-17,21,23,29,33H,9,12,15,18-20,22H2,1-2H3;1H3. The molecular formula is C32H39ClN4OS. The number of aliphatic imine (C=N–C) groups is 1. The first-order chi connectivity index (χ1) is 19.1. The van der Waals surface area contributed by atoms with Gasteiger partial charge in [-0.05, 0) is 78.1 Å². The summed E-state index contributed by atoms with van der Waals surface area (Å²) in [4.78, 5) is 23.8. The molecule has 0 saturated carbocycles. The zero-order valence-corrected chi connectivity index (χ0v) is 24.7. The maximum Gasteiger partial charge on any atom is 0.228 e. The zero-order valence-electron chi connectivity index (χ0n) is 23.1. The molecule has 0 spiro atoms. The van der Waals surface area contributed by atoms with Gasteiger partial charge in [-0.15, -0.1) is 11.6 Å². The number of carbonyl (C=O) groups excluding carboxylic acids is 1. The number of aryl methyl sites for hydroxylation is 1. The van der Waals surface area contributed by atoms with Gasteiger partial charge in [-0.2, -0.15) is 0 Å². The number of rotatable bonds is 9. The molecule has 0 radical (unpaired) electrons. The lowest BCUT2D eigenvalue weighted by molar-refractivity contribution is -0.118. The van der Waals surface area contributed by atoms with E-state index in [0.717, 1.165) is 43.9 Å². The summed E-state index contributed by atoms with van der Waals surface area (Å²) < 4.78 is 3.70. The van der Waals surface area contributed by atoms with Gasteiger partial charge in [-0.1, -0.05) is 61.5 Å². The Hall–Kier alpha value is -2.80. The number of carbonyl (C=O) groups is 1. The highest BCUT2D eigenvalue weighted by Crippen LogP contribution is 2.35. The Morgan fingerprint density at radius 3 is 2.51 bits per heavy atom. The first-order valence-corrected chi connectivity index (χ1v) is 15.2. The second kappa shape index (κ2) is 14.5. The number of halogens is 1. The Morgan fingerprint density at radius 1 is 1.10 bits per heavy atom. The van der Waals surface area contributed by atoms with Gasteiger partial charge >= 0.3 is 0 Å². The van der Waals surface area contributed by atoms with E-state index in [-0.39, 0.29) is 17.9 Å². The smallest absolute Gasteiger partial charge is 0.228 e. The third-order valence-electron chi connectivity index (χ3n) is 7.44. The van der Waals surface area contributed by atoms with E-state index in [2.05, 4.69) is 89.8 Å². The van der Waals surface area contributed by atoms with Crippen LogP contribution in [0.25, 0.3) is 0 Å². The molecule has 206 valence electrons. The maximum atomic E-state index is 13.8. The Kier molecular flexibility index (Phi) is 10.9. The van der Waals surface area contributed by atoms with E-state index in [1.54, 1.807) is 11.9 Å². The molecule has 1 aliphatic heterocycles. The number of fused-ring (bicyclic) bond motifs is 1. The van der Waals surface area contributed by atoms with E-state index in [4.69, 9.17) is 4.99 Å². The van der Waals surface area contributed by atoms with E-state index in [1.165, 1.54) is 28.0 Å². The summed E-state index contributed by atoms with van der Waals surface area (Å²) in [5, 5.41) is 0. The van der Waals surface area contributed by atoms with Crippen LogP contribution in [0.5, 0.6) is 0 Å². The minimum Gasteiger partial charge on any atom is -0.360 e. The van der Waals surface area contributed by atoms with Crippen LogP contribution < -0.4 is 9.62 Å². The summed E-state index contributed by atoms with van der Waals surface area (Å²) in [5.41, 5.74) is 4.84. The molecule has 0 aromatic heterocycles. The van der Waals surface area contributed by atoms with Crippen molar-refractivity contribution in [2.45, 2.75) is 49.5 Å². The van der Waals surface area contributed by atoms with Crippen molar-refractivity contribution in [2.75, 3.05) is 38.0 Å². The van der Waals surface area contributed by atoms with E-state index < -0.39 is 0 Å². The normalized spacial score (nSPS) is 17.0. The fourth-order valence-corrected chi connectivity index (χ4v) is 6.01. The molecule has 1 amide bonds. The minimum absolute atomic E-state index is 0.137. The molecule has 2 unspecified atom stereocenters. The van der Waals surface area contributed by atoms with Crippen molar-refractivity contribution in [1.82, 2.24) is 9.62 Å². The SMILES string of the molecule is CC(CC(=O)N(CC1=NCCN1C)c1ccc2c(c1)C(NSc1ccccc1)CCC2)c1ccccc1.CCl. The molecule has 1 aliphatic carbocycles. The van der Waals surface area contributed by atoms with Crippen molar-refractivity contribution in [3.05, 3.63) is 95.6 Å². The first-order valence-electron chi connectivity index (χ1n) is 13.7. The summed E-state index contributed by atoms with van der Waals surface area (Å²) in [6, 6.07) is 27.6. The van der Waals surface area contributed by atoms with Crippen LogP contribution in [-0.4, -0.2) is 49.7 Å². The lowest BCUT2D eigenvalue weighted by Crippen LogP contribution is -2.40. The predicted octanol–water partition coefficient (Wildman–Crippen LogP) is 7.09. The van der Waals surface area contributed by atoms with Crippen LogP contribution in [-0.2, 0) is 11.2 Å². The quantitative estimate of drug-likeness (QED) is 0.223. The van der Waals surface area contributed by atoms with E-state index in [0.29, 0.717) is 13.0 Å². The summed E-state index contributed by atoms with van der Waals surface area (Å²) >= 11 is 6.33. The number of amidine groups is 1. The minimum atomic E-state index is 0.137. The highest BCUT2D eigenvalue weighted by molar-refractivity contribution is 7.97. The predicted molar refractivity (Wildman–Crippen MR) is 166 cm³/mol. The van der Waals surface area contributed by atoms with Crippen LogP contribution >= 0.6 is 23.5 Å². The maximum absolute atomic E-state index is 13.8. The summed E-state index contributed by atoms with van der Waals surface area (Å²) in [7, 11) is 2.06. The molecule has 5 rings (SSSR count). The number of benzene rings is 3. The molecule has 3 aromatic carbocycles. The topological polar surface area (TPSA) is 47.9 Å². The van der Waals surface area contributed by atoms with Crippen molar-refractivity contribution in [3.63, 3.8) is 0 Å². The van der Waals surface area contributed by atoms with Gasteiger partial charge in [-0.25, -0.2) is 0 Å². The lowest BCUT2D eigenvalue weighted by Gasteiger charge is -2.30. The second-order valence-corrected chi connectivity index (χ2v) is 11.0. The van der Waals surface area contributed by atoms with E-state index >= 15 is 0 Å². The highest BCUT2D eigenvalue weighted by Gasteiger charge is 2.27. The fourth-order valence-electron chi connectivity index (χ4n) is 5.19. The molecule has 0 saturated heterocycles. The molecule has 0 fully saturated rings. The number of hydrogen-bond donors (Lipinski definition) is 1. The van der Waals surface area contributed by atoms with Gasteiger partial charge in [0, 0.05) is 43.0 Å². The third-order valence-corrected chi connectivity index (χ3v) is 8.35. The Morgan fingerprint density at radius 2 is 1.82 bits per heavy atom. The molecule has 5 nitrogen and oxygen atoms in total. The van der Waals surface area contributed by atoms with E-state index in [9.17, 15) is 4.79 Å². The number of nitrogens with zero attached hydrogens (tertiary/aromatic N) is 3. The largest absolute Gasteiger partial charge is 0.360 e. The number of anilines is 1. The van der Waals surface area contributed by atoms with Crippen molar-refractivity contribution in [2.24, 2.45) is 4.99 Å². The van der Waals surface area contributed by atoms with Gasteiger partial charge in [0.05, 0.1) is 13.1 Å². The lowest BCUT2D eigenvalue weighted by atomic mass is 9.87. The molecule has 2 aliphatic rings.